The molecule has 1 aromatic carbocycles. The topological polar surface area (TPSA) is 92.2 Å². The Balaban J connectivity index is 2.44. The summed E-state index contributed by atoms with van der Waals surface area (Å²) in [6.45, 7) is -0.326. The van der Waals surface area contributed by atoms with Crippen LogP contribution < -0.4 is 4.72 Å². The Morgan fingerprint density at radius 3 is 2.52 bits per heavy atom. The summed E-state index contributed by atoms with van der Waals surface area (Å²) < 4.78 is 26.7. The molecular formula is C11H7Cl2N3O3S2. The van der Waals surface area contributed by atoms with Gasteiger partial charge in [-0.05, 0) is 12.1 Å². The first-order valence-electron chi connectivity index (χ1n) is 5.32. The Morgan fingerprint density at radius 1 is 1.33 bits per heavy atom. The fourth-order valence-corrected chi connectivity index (χ4v) is 4.32. The Hall–Kier alpha value is -1.37. The van der Waals surface area contributed by atoms with Gasteiger partial charge in [0.1, 0.15) is 17.0 Å². The lowest BCUT2D eigenvalue weighted by molar-refractivity contribution is 0.350. The van der Waals surface area contributed by atoms with Crippen LogP contribution in [0.5, 0.6) is 0 Å². The van der Waals surface area contributed by atoms with Crippen molar-refractivity contribution in [3.8, 4) is 11.8 Å². The van der Waals surface area contributed by atoms with E-state index in [2.05, 4.69) is 26.8 Å². The first kappa shape index (κ1) is 16.0. The third-order valence-electron chi connectivity index (χ3n) is 2.16. The zero-order chi connectivity index (χ0) is 15.5. The molecule has 2 rings (SSSR count). The van der Waals surface area contributed by atoms with E-state index in [1.54, 1.807) is 0 Å². The molecular weight excluding hydrogens is 357 g/mol. The van der Waals surface area contributed by atoms with Crippen molar-refractivity contribution in [1.29, 1.82) is 0 Å². The van der Waals surface area contributed by atoms with E-state index < -0.39 is 10.0 Å². The second-order valence-electron chi connectivity index (χ2n) is 3.58. The molecule has 2 N–H and O–H groups in total. The highest BCUT2D eigenvalue weighted by Gasteiger charge is 2.23. The van der Waals surface area contributed by atoms with Crippen molar-refractivity contribution in [2.75, 3.05) is 11.3 Å². The molecule has 21 heavy (non-hydrogen) atoms. The van der Waals surface area contributed by atoms with E-state index in [9.17, 15) is 8.42 Å². The molecule has 0 unspecified atom stereocenters. The van der Waals surface area contributed by atoms with Crippen LogP contribution in [0.1, 0.15) is 5.56 Å². The lowest BCUT2D eigenvalue weighted by Crippen LogP contribution is -2.14. The van der Waals surface area contributed by atoms with Gasteiger partial charge in [0, 0.05) is 5.56 Å². The molecule has 0 radical (unpaired) electrons. The van der Waals surface area contributed by atoms with Gasteiger partial charge in [0.15, 0.2) is 0 Å². The maximum absolute atomic E-state index is 12.2. The van der Waals surface area contributed by atoms with Crippen molar-refractivity contribution in [3.05, 3.63) is 33.3 Å². The largest absolute Gasteiger partial charge is 0.384 e. The minimum Gasteiger partial charge on any atom is -0.384 e. The van der Waals surface area contributed by atoms with E-state index in [-0.39, 0.29) is 26.7 Å². The van der Waals surface area contributed by atoms with E-state index in [0.29, 0.717) is 5.56 Å². The smallest absolute Gasteiger partial charge is 0.266 e. The van der Waals surface area contributed by atoms with Gasteiger partial charge < -0.3 is 5.11 Å². The maximum atomic E-state index is 12.2. The molecule has 110 valence electrons. The third kappa shape index (κ3) is 3.84. The zero-order valence-electron chi connectivity index (χ0n) is 10.2. The predicted octanol–water partition coefficient (Wildman–Crippen LogP) is 1.99. The summed E-state index contributed by atoms with van der Waals surface area (Å²) in [6, 6.07) is 2.70. The van der Waals surface area contributed by atoms with Gasteiger partial charge >= 0.3 is 0 Å². The number of aromatic nitrogens is 2. The van der Waals surface area contributed by atoms with Crippen LogP contribution in [0.4, 0.5) is 5.13 Å². The summed E-state index contributed by atoms with van der Waals surface area (Å²) in [5.74, 6) is 5.02. The highest BCUT2D eigenvalue weighted by Crippen LogP contribution is 2.32. The standard InChI is InChI=1S/C11H7Cl2N3O3S2/c12-8-4-7(2-1-3-17)5-9(13)10(8)21(18,19)16-11-15-14-6-20-11/h4-6,17H,3H2,(H,15,16). The molecule has 0 aliphatic carbocycles. The van der Waals surface area contributed by atoms with Gasteiger partial charge in [-0.1, -0.05) is 46.4 Å². The van der Waals surface area contributed by atoms with Gasteiger partial charge in [-0.15, -0.1) is 10.2 Å². The summed E-state index contributed by atoms with van der Waals surface area (Å²) in [6.07, 6.45) is 0. The van der Waals surface area contributed by atoms with Crippen LogP contribution in [0.25, 0.3) is 0 Å². The van der Waals surface area contributed by atoms with Gasteiger partial charge in [-0.3, -0.25) is 4.72 Å². The number of rotatable bonds is 3. The van der Waals surface area contributed by atoms with Crippen LogP contribution in [-0.4, -0.2) is 30.3 Å². The van der Waals surface area contributed by atoms with Crippen molar-refractivity contribution in [2.24, 2.45) is 0 Å². The average Bonchev–Trinajstić information content (AvgIpc) is 2.87. The number of nitrogens with one attached hydrogen (secondary N) is 1. The Labute approximate surface area is 134 Å². The van der Waals surface area contributed by atoms with Gasteiger partial charge in [-0.2, -0.15) is 0 Å². The number of nitrogens with zero attached hydrogens (tertiary/aromatic N) is 2. The molecule has 10 heteroatoms. The zero-order valence-corrected chi connectivity index (χ0v) is 13.3. The Morgan fingerprint density at radius 2 is 2.00 bits per heavy atom. The SMILES string of the molecule is O=S(=O)(Nc1nncs1)c1c(Cl)cc(C#CCO)cc1Cl. The molecule has 1 heterocycles. The summed E-state index contributed by atoms with van der Waals surface area (Å²) in [5.41, 5.74) is 1.78. The Bertz CT molecular complexity index is 788. The molecule has 0 fully saturated rings. The molecule has 0 aliphatic heterocycles. The monoisotopic (exact) mass is 363 g/mol. The van der Waals surface area contributed by atoms with Gasteiger partial charge in [-0.25, -0.2) is 8.42 Å². The molecule has 2 aromatic rings. The van der Waals surface area contributed by atoms with Gasteiger partial charge in [0.2, 0.25) is 5.13 Å². The Kier molecular flexibility index (Phi) is 5.03. The summed E-state index contributed by atoms with van der Waals surface area (Å²) in [4.78, 5) is -0.268. The van der Waals surface area contributed by atoms with Crippen LogP contribution in [-0.2, 0) is 10.0 Å². The number of benzene rings is 1. The van der Waals surface area contributed by atoms with Crippen LogP contribution in [0.15, 0.2) is 22.5 Å². The second kappa shape index (κ2) is 6.60. The normalized spacial score (nSPS) is 10.8. The number of hydrogen-bond acceptors (Lipinski definition) is 6. The molecule has 0 amide bonds. The fourth-order valence-electron chi connectivity index (χ4n) is 1.41. The molecule has 0 saturated heterocycles. The first-order chi connectivity index (χ1) is 9.94. The van der Waals surface area contributed by atoms with E-state index in [1.165, 1.54) is 17.6 Å². The van der Waals surface area contributed by atoms with E-state index in [4.69, 9.17) is 28.3 Å². The minimum atomic E-state index is -3.99. The quantitative estimate of drug-likeness (QED) is 0.813. The third-order valence-corrected chi connectivity index (χ3v) is 5.16. The predicted molar refractivity (Wildman–Crippen MR) is 81.1 cm³/mol. The molecule has 0 saturated carbocycles. The highest BCUT2D eigenvalue weighted by molar-refractivity contribution is 7.93. The van der Waals surface area contributed by atoms with Crippen molar-refractivity contribution >= 4 is 49.7 Å². The summed E-state index contributed by atoms with van der Waals surface area (Å²) >= 11 is 13.0. The van der Waals surface area contributed by atoms with Crippen LogP contribution in [0, 0.1) is 11.8 Å². The number of hydrogen-bond donors (Lipinski definition) is 2. The summed E-state index contributed by atoms with van der Waals surface area (Å²) in [5, 5.41) is 15.7. The lowest BCUT2D eigenvalue weighted by Gasteiger charge is -2.09. The lowest BCUT2D eigenvalue weighted by atomic mass is 10.2. The molecule has 6 nitrogen and oxygen atoms in total. The maximum Gasteiger partial charge on any atom is 0.266 e. The number of halogens is 2. The highest BCUT2D eigenvalue weighted by atomic mass is 35.5. The number of aliphatic hydroxyl groups is 1. The number of anilines is 1. The average molecular weight is 364 g/mol. The van der Waals surface area contributed by atoms with E-state index >= 15 is 0 Å². The van der Waals surface area contributed by atoms with Crippen molar-refractivity contribution in [3.63, 3.8) is 0 Å². The van der Waals surface area contributed by atoms with E-state index in [0.717, 1.165) is 11.3 Å². The molecule has 1 aromatic heterocycles. The van der Waals surface area contributed by atoms with Crippen LogP contribution in [0.2, 0.25) is 10.0 Å². The fraction of sp³-hybridized carbons (Fsp3) is 0.0909. The second-order valence-corrected chi connectivity index (χ2v) is 6.85. The molecule has 0 aliphatic rings. The van der Waals surface area contributed by atoms with Crippen molar-refractivity contribution < 1.29 is 13.5 Å². The number of sulfonamides is 1. The van der Waals surface area contributed by atoms with Crippen molar-refractivity contribution in [2.45, 2.75) is 4.90 Å². The first-order valence-corrected chi connectivity index (χ1v) is 8.43. The van der Waals surface area contributed by atoms with Gasteiger partial charge in [0.05, 0.1) is 10.0 Å². The van der Waals surface area contributed by atoms with E-state index in [1.807, 2.05) is 0 Å². The molecule has 0 spiro atoms. The summed E-state index contributed by atoms with van der Waals surface area (Å²) in [7, 11) is -3.99. The van der Waals surface area contributed by atoms with Crippen molar-refractivity contribution in [1.82, 2.24) is 10.2 Å². The molecule has 0 bridgehead atoms. The molecule has 0 atom stereocenters. The van der Waals surface area contributed by atoms with Crippen LogP contribution >= 0.6 is 34.5 Å². The van der Waals surface area contributed by atoms with Gasteiger partial charge in [0.25, 0.3) is 10.0 Å². The number of aliphatic hydroxyl groups excluding tert-OH is 1. The minimum absolute atomic E-state index is 0.0817. The van der Waals surface area contributed by atoms with Crippen LogP contribution in [0.3, 0.4) is 0 Å².